The van der Waals surface area contributed by atoms with E-state index >= 15 is 0 Å². The Balaban J connectivity index is 1.71. The van der Waals surface area contributed by atoms with Crippen LogP contribution in [0.25, 0.3) is 0 Å². The van der Waals surface area contributed by atoms with Crippen molar-refractivity contribution in [1.82, 2.24) is 4.98 Å². The van der Waals surface area contributed by atoms with E-state index in [9.17, 15) is 30.3 Å². The lowest BCUT2D eigenvalue weighted by Gasteiger charge is -2.06. The molecule has 3 rings (SSSR count). The van der Waals surface area contributed by atoms with Crippen molar-refractivity contribution in [3.63, 3.8) is 0 Å². The SMILES string of the molecule is O=[N+]([O-])c1ccc(Oc2ccc(/C=N\Nc3ncccc3[N+](=O)[O-])cc2)c([N+](=O)[O-])c1. The smallest absolute Gasteiger partial charge is 0.318 e. The Morgan fingerprint density at radius 3 is 2.26 bits per heavy atom. The molecule has 156 valence electrons. The van der Waals surface area contributed by atoms with Gasteiger partial charge in [0, 0.05) is 18.3 Å². The van der Waals surface area contributed by atoms with E-state index in [-0.39, 0.29) is 23.0 Å². The lowest BCUT2D eigenvalue weighted by Crippen LogP contribution is -1.99. The first-order valence-electron chi connectivity index (χ1n) is 8.44. The summed E-state index contributed by atoms with van der Waals surface area (Å²) in [7, 11) is 0. The van der Waals surface area contributed by atoms with Gasteiger partial charge in [-0.3, -0.25) is 35.8 Å². The summed E-state index contributed by atoms with van der Waals surface area (Å²) in [6, 6.07) is 12.0. The quantitative estimate of drug-likeness (QED) is 0.317. The molecule has 0 aliphatic rings. The number of benzene rings is 2. The highest BCUT2D eigenvalue weighted by Gasteiger charge is 2.21. The van der Waals surface area contributed by atoms with E-state index in [1.54, 1.807) is 12.1 Å². The van der Waals surface area contributed by atoms with E-state index in [4.69, 9.17) is 4.74 Å². The number of anilines is 1. The van der Waals surface area contributed by atoms with Crippen molar-refractivity contribution in [2.75, 3.05) is 5.43 Å². The largest absolute Gasteiger partial charge is 0.450 e. The molecule has 13 heteroatoms. The number of hydrogen-bond acceptors (Lipinski definition) is 10. The van der Waals surface area contributed by atoms with Gasteiger partial charge >= 0.3 is 11.4 Å². The monoisotopic (exact) mass is 424 g/mol. The first kappa shape index (κ1) is 20.8. The third-order valence-corrected chi connectivity index (χ3v) is 3.83. The van der Waals surface area contributed by atoms with Gasteiger partial charge in [0.1, 0.15) is 5.75 Å². The number of ether oxygens (including phenoxy) is 1. The average Bonchev–Trinajstić information content (AvgIpc) is 2.75. The minimum atomic E-state index is -0.772. The van der Waals surface area contributed by atoms with E-state index in [1.165, 1.54) is 36.7 Å². The standard InChI is InChI=1S/C18H12N6O7/c25-22(26)13-5-8-17(16(10-13)24(29)30)31-14-6-3-12(4-7-14)11-20-21-18-15(23(27)28)2-1-9-19-18/h1-11H,(H,19,21)/b20-11-. The van der Waals surface area contributed by atoms with Crippen LogP contribution in [0, 0.1) is 30.3 Å². The highest BCUT2D eigenvalue weighted by atomic mass is 16.6. The van der Waals surface area contributed by atoms with Crippen LogP contribution < -0.4 is 10.2 Å². The van der Waals surface area contributed by atoms with Crippen molar-refractivity contribution >= 4 is 29.1 Å². The molecule has 0 saturated heterocycles. The van der Waals surface area contributed by atoms with Crippen molar-refractivity contribution in [2.45, 2.75) is 0 Å². The molecule has 0 bridgehead atoms. The van der Waals surface area contributed by atoms with Gasteiger partial charge in [0.05, 0.1) is 27.1 Å². The molecule has 0 aliphatic carbocycles. The summed E-state index contributed by atoms with van der Waals surface area (Å²) in [5.41, 5.74) is 1.89. The van der Waals surface area contributed by atoms with Crippen LogP contribution in [0.2, 0.25) is 0 Å². The lowest BCUT2D eigenvalue weighted by atomic mass is 10.2. The predicted octanol–water partition coefficient (Wildman–Crippen LogP) is 4.04. The third-order valence-electron chi connectivity index (χ3n) is 3.83. The second-order valence-electron chi connectivity index (χ2n) is 5.84. The van der Waals surface area contributed by atoms with E-state index in [2.05, 4.69) is 15.5 Å². The topological polar surface area (TPSA) is 176 Å². The minimum Gasteiger partial charge on any atom is -0.450 e. The highest BCUT2D eigenvalue weighted by Crippen LogP contribution is 2.34. The van der Waals surface area contributed by atoms with Gasteiger partial charge in [0.15, 0.2) is 0 Å². The number of nitro groups is 3. The van der Waals surface area contributed by atoms with Crippen molar-refractivity contribution in [3.8, 4) is 11.5 Å². The van der Waals surface area contributed by atoms with E-state index in [1.807, 2.05) is 0 Å². The fourth-order valence-electron chi connectivity index (χ4n) is 2.40. The molecule has 0 atom stereocenters. The number of aromatic nitrogens is 1. The molecule has 0 spiro atoms. The second kappa shape index (κ2) is 9.04. The van der Waals surface area contributed by atoms with Crippen molar-refractivity contribution in [2.24, 2.45) is 5.10 Å². The van der Waals surface area contributed by atoms with Gasteiger partial charge < -0.3 is 4.74 Å². The predicted molar refractivity (Wildman–Crippen MR) is 108 cm³/mol. The second-order valence-corrected chi connectivity index (χ2v) is 5.84. The Kier molecular flexibility index (Phi) is 6.06. The Hall–Kier alpha value is -4.94. The van der Waals surface area contributed by atoms with Gasteiger partial charge in [-0.25, -0.2) is 4.98 Å². The van der Waals surface area contributed by atoms with Gasteiger partial charge in [0.25, 0.3) is 5.69 Å². The van der Waals surface area contributed by atoms with Gasteiger partial charge in [-0.05, 0) is 42.0 Å². The van der Waals surface area contributed by atoms with Crippen LogP contribution in [0.3, 0.4) is 0 Å². The van der Waals surface area contributed by atoms with E-state index in [0.717, 1.165) is 18.2 Å². The summed E-state index contributed by atoms with van der Waals surface area (Å²) in [5.74, 6) is 0.0813. The molecule has 1 heterocycles. The van der Waals surface area contributed by atoms with Crippen LogP contribution in [0.4, 0.5) is 22.9 Å². The van der Waals surface area contributed by atoms with Crippen LogP contribution in [-0.4, -0.2) is 26.0 Å². The van der Waals surface area contributed by atoms with Gasteiger partial charge in [-0.2, -0.15) is 5.10 Å². The number of hydrazone groups is 1. The Morgan fingerprint density at radius 2 is 1.61 bits per heavy atom. The highest BCUT2D eigenvalue weighted by molar-refractivity contribution is 5.80. The molecule has 3 aromatic rings. The zero-order chi connectivity index (χ0) is 22.4. The molecule has 1 N–H and O–H groups in total. The minimum absolute atomic E-state index is 0.0193. The molecule has 2 aromatic carbocycles. The normalized spacial score (nSPS) is 10.6. The molecule has 1 aromatic heterocycles. The first-order valence-corrected chi connectivity index (χ1v) is 8.44. The van der Waals surface area contributed by atoms with Gasteiger partial charge in [-0.1, -0.05) is 0 Å². The number of hydrogen-bond donors (Lipinski definition) is 1. The summed E-state index contributed by atoms with van der Waals surface area (Å²) < 4.78 is 5.47. The maximum atomic E-state index is 11.2. The number of nitro benzene ring substituents is 2. The zero-order valence-corrected chi connectivity index (χ0v) is 15.4. The van der Waals surface area contributed by atoms with Crippen LogP contribution in [-0.2, 0) is 0 Å². The van der Waals surface area contributed by atoms with Crippen LogP contribution >= 0.6 is 0 Å². The molecule has 0 fully saturated rings. The van der Waals surface area contributed by atoms with E-state index in [0.29, 0.717) is 5.56 Å². The fraction of sp³-hybridized carbons (Fsp3) is 0. The van der Waals surface area contributed by atoms with Crippen LogP contribution in [0.5, 0.6) is 11.5 Å². The van der Waals surface area contributed by atoms with Crippen molar-refractivity contribution < 1.29 is 19.5 Å². The van der Waals surface area contributed by atoms with Crippen LogP contribution in [0.1, 0.15) is 5.56 Å². The Labute approximate surface area is 173 Å². The summed E-state index contributed by atoms with van der Waals surface area (Å²) in [4.78, 5) is 34.7. The fourth-order valence-corrected chi connectivity index (χ4v) is 2.40. The lowest BCUT2D eigenvalue weighted by molar-refractivity contribution is -0.394. The molecule has 0 unspecified atom stereocenters. The summed E-state index contributed by atoms with van der Waals surface area (Å²) in [6.45, 7) is 0. The summed E-state index contributed by atoms with van der Waals surface area (Å²) in [5, 5.41) is 36.8. The average molecular weight is 424 g/mol. The first-order chi connectivity index (χ1) is 14.8. The molecular weight excluding hydrogens is 412 g/mol. The third kappa shape index (κ3) is 5.11. The maximum absolute atomic E-state index is 11.2. The number of non-ortho nitro benzene ring substituents is 1. The van der Waals surface area contributed by atoms with Crippen molar-refractivity contribution in [1.29, 1.82) is 0 Å². The molecule has 0 radical (unpaired) electrons. The van der Waals surface area contributed by atoms with Gasteiger partial charge in [0.2, 0.25) is 11.6 Å². The molecule has 0 saturated carbocycles. The summed E-state index contributed by atoms with van der Waals surface area (Å²) >= 11 is 0. The van der Waals surface area contributed by atoms with E-state index < -0.39 is 26.1 Å². The molecule has 0 amide bonds. The summed E-state index contributed by atoms with van der Waals surface area (Å²) in [6.07, 6.45) is 2.77. The number of nitrogens with one attached hydrogen (secondary N) is 1. The van der Waals surface area contributed by atoms with Crippen molar-refractivity contribution in [3.05, 3.63) is 96.7 Å². The number of rotatable bonds is 8. The number of nitrogens with zero attached hydrogens (tertiary/aromatic N) is 5. The number of pyridine rings is 1. The molecular formula is C18H12N6O7. The Morgan fingerprint density at radius 1 is 0.903 bits per heavy atom. The Bertz CT molecular complexity index is 1180. The molecule has 0 aliphatic heterocycles. The van der Waals surface area contributed by atoms with Crippen LogP contribution in [0.15, 0.2) is 65.9 Å². The molecule has 13 nitrogen and oxygen atoms in total. The zero-order valence-electron chi connectivity index (χ0n) is 15.4. The maximum Gasteiger partial charge on any atom is 0.318 e. The molecule has 31 heavy (non-hydrogen) atoms. The van der Waals surface area contributed by atoms with Gasteiger partial charge in [-0.15, -0.1) is 0 Å².